The van der Waals surface area contributed by atoms with Crippen LogP contribution >= 0.6 is 0 Å². The highest BCUT2D eigenvalue weighted by atomic mass is 19.1. The monoisotopic (exact) mass is 526 g/mol. The second kappa shape index (κ2) is 13.2. The molecule has 1 heterocycles. The topological polar surface area (TPSA) is 102 Å². The smallest absolute Gasteiger partial charge is 0.310 e. The van der Waals surface area contributed by atoms with Gasteiger partial charge in [-0.3, -0.25) is 9.59 Å². The zero-order chi connectivity index (χ0) is 27.8. The van der Waals surface area contributed by atoms with Gasteiger partial charge in [-0.2, -0.15) is 0 Å². The van der Waals surface area contributed by atoms with Gasteiger partial charge >= 0.3 is 5.97 Å². The quantitative estimate of drug-likeness (QED) is 0.278. The molecular formula is C29H32F2N2O5. The van der Waals surface area contributed by atoms with E-state index < -0.39 is 30.1 Å². The van der Waals surface area contributed by atoms with Gasteiger partial charge in [0.1, 0.15) is 29.7 Å². The standard InChI is InChI=1S/C29H32F2N2O5/c1-18(2)29-32-27(20-4-8-22(30)9-5-20)28(21-6-10-23(31)11-7-21)33(29)14-12-25(38-19(3)13-15-34)16-24(35)17-26(36)37/h4-12,14,18-19,25,34H,13,15-17H2,1-3H3,(H,36,37). The van der Waals surface area contributed by atoms with Crippen molar-refractivity contribution in [2.75, 3.05) is 6.61 Å². The number of carbonyl (C=O) groups excluding carboxylic acids is 1. The maximum Gasteiger partial charge on any atom is 0.310 e. The van der Waals surface area contributed by atoms with Crippen LogP contribution in [-0.2, 0) is 14.3 Å². The van der Waals surface area contributed by atoms with E-state index in [1.54, 1.807) is 43.5 Å². The minimum Gasteiger partial charge on any atom is -0.481 e. The van der Waals surface area contributed by atoms with Crippen LogP contribution in [0, 0.1) is 11.6 Å². The SMILES string of the molecule is CC(CCO)OC(C=Cn1c(C(C)C)nc(-c2ccc(F)cc2)c1-c1ccc(F)cc1)CC(=O)CC(=O)O. The molecule has 9 heteroatoms. The number of Topliss-reactive ketones (excluding diaryl/α,β-unsaturated/α-hetero) is 1. The molecule has 2 atom stereocenters. The Balaban J connectivity index is 2.13. The first-order chi connectivity index (χ1) is 18.1. The number of carboxylic acid groups (broad SMARTS) is 1. The average Bonchev–Trinajstić information content (AvgIpc) is 3.23. The molecule has 0 saturated carbocycles. The number of carboxylic acids is 1. The third kappa shape index (κ3) is 7.66. The van der Waals surface area contributed by atoms with Crippen LogP contribution in [0.15, 0.2) is 54.6 Å². The van der Waals surface area contributed by atoms with E-state index in [1.807, 2.05) is 18.4 Å². The van der Waals surface area contributed by atoms with E-state index in [0.717, 1.165) is 0 Å². The molecule has 3 rings (SSSR count). The number of carbonyl (C=O) groups is 2. The summed E-state index contributed by atoms with van der Waals surface area (Å²) in [5, 5.41) is 18.3. The average molecular weight is 527 g/mol. The van der Waals surface area contributed by atoms with Gasteiger partial charge in [0.15, 0.2) is 0 Å². The van der Waals surface area contributed by atoms with Crippen LogP contribution in [0.4, 0.5) is 8.78 Å². The van der Waals surface area contributed by atoms with Crippen molar-refractivity contribution >= 4 is 18.0 Å². The van der Waals surface area contributed by atoms with Crippen molar-refractivity contribution < 1.29 is 33.3 Å². The summed E-state index contributed by atoms with van der Waals surface area (Å²) in [7, 11) is 0. The lowest BCUT2D eigenvalue weighted by molar-refractivity contribution is -0.140. The number of rotatable bonds is 13. The van der Waals surface area contributed by atoms with Gasteiger partial charge < -0.3 is 19.5 Å². The number of ketones is 1. The molecule has 0 fully saturated rings. The van der Waals surface area contributed by atoms with Crippen molar-refractivity contribution in [2.45, 2.75) is 58.2 Å². The second-order valence-corrected chi connectivity index (χ2v) is 9.36. The van der Waals surface area contributed by atoms with Crippen molar-refractivity contribution in [3.8, 4) is 22.5 Å². The molecular weight excluding hydrogens is 494 g/mol. The Morgan fingerprint density at radius 3 is 2.11 bits per heavy atom. The lowest BCUT2D eigenvalue weighted by Crippen LogP contribution is -2.23. The van der Waals surface area contributed by atoms with Gasteiger partial charge in [0.2, 0.25) is 0 Å². The lowest BCUT2D eigenvalue weighted by atomic mass is 10.0. The Labute approximate surface area is 220 Å². The first-order valence-electron chi connectivity index (χ1n) is 12.4. The largest absolute Gasteiger partial charge is 0.481 e. The predicted molar refractivity (Wildman–Crippen MR) is 140 cm³/mol. The predicted octanol–water partition coefficient (Wildman–Crippen LogP) is 5.68. The molecule has 1 aromatic heterocycles. The number of aromatic nitrogens is 2. The summed E-state index contributed by atoms with van der Waals surface area (Å²) in [4.78, 5) is 28.2. The van der Waals surface area contributed by atoms with Gasteiger partial charge in [-0.05, 0) is 68.0 Å². The van der Waals surface area contributed by atoms with Gasteiger partial charge in [0, 0.05) is 36.3 Å². The number of hydrogen-bond acceptors (Lipinski definition) is 5. The Hall–Kier alpha value is -3.69. The Kier molecular flexibility index (Phi) is 10.0. The van der Waals surface area contributed by atoms with Gasteiger partial charge in [-0.25, -0.2) is 13.8 Å². The van der Waals surface area contributed by atoms with E-state index in [-0.39, 0.29) is 30.9 Å². The number of ether oxygens (including phenoxy) is 1. The normalized spacial score (nSPS) is 13.2. The van der Waals surface area contributed by atoms with Crippen LogP contribution in [0.2, 0.25) is 0 Å². The molecule has 0 amide bonds. The van der Waals surface area contributed by atoms with Crippen molar-refractivity contribution in [1.82, 2.24) is 9.55 Å². The molecule has 202 valence electrons. The molecule has 0 saturated heterocycles. The van der Waals surface area contributed by atoms with Crippen LogP contribution in [-0.4, -0.2) is 50.3 Å². The van der Waals surface area contributed by atoms with Gasteiger partial charge in [-0.15, -0.1) is 0 Å². The van der Waals surface area contributed by atoms with Crippen molar-refractivity contribution in [1.29, 1.82) is 0 Å². The fraction of sp³-hybridized carbons (Fsp3) is 0.345. The van der Waals surface area contributed by atoms with Gasteiger partial charge in [0.05, 0.1) is 23.6 Å². The third-order valence-electron chi connectivity index (χ3n) is 5.86. The number of hydrogen-bond donors (Lipinski definition) is 2. The fourth-order valence-electron chi connectivity index (χ4n) is 4.06. The molecule has 7 nitrogen and oxygen atoms in total. The molecule has 0 spiro atoms. The third-order valence-corrected chi connectivity index (χ3v) is 5.86. The summed E-state index contributed by atoms with van der Waals surface area (Å²) in [5.74, 6) is -1.88. The van der Waals surface area contributed by atoms with E-state index in [0.29, 0.717) is 34.8 Å². The van der Waals surface area contributed by atoms with E-state index in [4.69, 9.17) is 14.8 Å². The van der Waals surface area contributed by atoms with Crippen LogP contribution in [0.3, 0.4) is 0 Å². The van der Waals surface area contributed by atoms with Gasteiger partial charge in [-0.1, -0.05) is 13.8 Å². The lowest BCUT2D eigenvalue weighted by Gasteiger charge is -2.19. The summed E-state index contributed by atoms with van der Waals surface area (Å²) in [6, 6.07) is 11.9. The molecule has 0 aliphatic heterocycles. The maximum absolute atomic E-state index is 13.8. The highest BCUT2D eigenvalue weighted by Crippen LogP contribution is 2.35. The molecule has 2 unspecified atom stereocenters. The molecule has 0 radical (unpaired) electrons. The molecule has 0 aliphatic carbocycles. The molecule has 2 aromatic carbocycles. The molecule has 0 aliphatic rings. The summed E-state index contributed by atoms with van der Waals surface area (Å²) < 4.78 is 35.2. The van der Waals surface area contributed by atoms with Crippen molar-refractivity contribution in [3.05, 3.63) is 72.1 Å². The first-order valence-corrected chi connectivity index (χ1v) is 12.4. The Bertz CT molecular complexity index is 1270. The number of benzene rings is 2. The molecule has 38 heavy (non-hydrogen) atoms. The fourth-order valence-corrected chi connectivity index (χ4v) is 4.06. The first kappa shape index (κ1) is 28.9. The molecule has 3 aromatic rings. The number of aliphatic hydroxyl groups excluding tert-OH is 1. The molecule has 2 N–H and O–H groups in total. The summed E-state index contributed by atoms with van der Waals surface area (Å²) in [6.07, 6.45) is 1.77. The van der Waals surface area contributed by atoms with Crippen molar-refractivity contribution in [2.24, 2.45) is 0 Å². The minimum atomic E-state index is -1.22. The van der Waals surface area contributed by atoms with Crippen LogP contribution in [0.1, 0.15) is 51.8 Å². The highest BCUT2D eigenvalue weighted by Gasteiger charge is 2.22. The number of nitrogens with zero attached hydrogens (tertiary/aromatic N) is 2. The van der Waals surface area contributed by atoms with Crippen LogP contribution in [0.5, 0.6) is 0 Å². The highest BCUT2D eigenvalue weighted by molar-refractivity contribution is 5.95. The summed E-state index contributed by atoms with van der Waals surface area (Å²) in [6.45, 7) is 5.58. The second-order valence-electron chi connectivity index (χ2n) is 9.36. The number of aliphatic hydroxyl groups is 1. The van der Waals surface area contributed by atoms with E-state index in [9.17, 15) is 23.5 Å². The Morgan fingerprint density at radius 2 is 1.58 bits per heavy atom. The zero-order valence-electron chi connectivity index (χ0n) is 21.6. The van der Waals surface area contributed by atoms with Gasteiger partial charge in [0.25, 0.3) is 0 Å². The van der Waals surface area contributed by atoms with E-state index in [2.05, 4.69) is 0 Å². The number of aliphatic carboxylic acids is 1. The van der Waals surface area contributed by atoms with Crippen molar-refractivity contribution in [3.63, 3.8) is 0 Å². The van der Waals surface area contributed by atoms with Crippen LogP contribution in [0.25, 0.3) is 28.7 Å². The minimum absolute atomic E-state index is 0.0469. The zero-order valence-corrected chi connectivity index (χ0v) is 21.6. The summed E-state index contributed by atoms with van der Waals surface area (Å²) >= 11 is 0. The van der Waals surface area contributed by atoms with E-state index in [1.165, 1.54) is 24.3 Å². The number of halogens is 2. The maximum atomic E-state index is 13.8. The molecule has 0 bridgehead atoms. The van der Waals surface area contributed by atoms with Crippen LogP contribution < -0.4 is 0 Å². The Morgan fingerprint density at radius 1 is 1.00 bits per heavy atom. The summed E-state index contributed by atoms with van der Waals surface area (Å²) in [5.41, 5.74) is 2.54. The van der Waals surface area contributed by atoms with E-state index >= 15 is 0 Å². The number of imidazole rings is 1.